The average Bonchev–Trinajstić information content (AvgIpc) is 2.55. The standard InChI is InChI=1S/C15H22F2N2/c1-10(2)19-8-4-3-5-14(18)15(19)11-6-7-12(16)13(17)9-11/h6-7,9-10,14-15H,3-5,8,18H2,1-2H3. The largest absolute Gasteiger partial charge is 0.326 e. The third-order valence-electron chi connectivity index (χ3n) is 3.92. The lowest BCUT2D eigenvalue weighted by atomic mass is 9.95. The van der Waals surface area contributed by atoms with E-state index < -0.39 is 11.6 Å². The van der Waals surface area contributed by atoms with Gasteiger partial charge in [-0.25, -0.2) is 8.78 Å². The summed E-state index contributed by atoms with van der Waals surface area (Å²) in [6.07, 6.45) is 3.11. The van der Waals surface area contributed by atoms with Crippen LogP contribution in [0.4, 0.5) is 8.78 Å². The van der Waals surface area contributed by atoms with Crippen LogP contribution in [0, 0.1) is 11.6 Å². The number of hydrogen-bond acceptors (Lipinski definition) is 2. The molecule has 19 heavy (non-hydrogen) atoms. The van der Waals surface area contributed by atoms with E-state index in [0.717, 1.165) is 31.4 Å². The van der Waals surface area contributed by atoms with E-state index in [0.29, 0.717) is 6.04 Å². The second-order valence-electron chi connectivity index (χ2n) is 5.61. The fourth-order valence-corrected chi connectivity index (χ4v) is 2.93. The maximum Gasteiger partial charge on any atom is 0.159 e. The molecule has 2 nitrogen and oxygen atoms in total. The van der Waals surface area contributed by atoms with Crippen LogP contribution in [0.2, 0.25) is 0 Å². The minimum Gasteiger partial charge on any atom is -0.326 e. The molecule has 0 aliphatic carbocycles. The van der Waals surface area contributed by atoms with Crippen molar-refractivity contribution in [2.24, 2.45) is 5.73 Å². The zero-order valence-electron chi connectivity index (χ0n) is 11.6. The van der Waals surface area contributed by atoms with Gasteiger partial charge in [-0.05, 0) is 50.9 Å². The van der Waals surface area contributed by atoms with Gasteiger partial charge in [0.05, 0.1) is 6.04 Å². The summed E-state index contributed by atoms with van der Waals surface area (Å²) in [4.78, 5) is 2.30. The molecule has 1 aromatic carbocycles. The van der Waals surface area contributed by atoms with Gasteiger partial charge in [-0.15, -0.1) is 0 Å². The van der Waals surface area contributed by atoms with Gasteiger partial charge in [-0.2, -0.15) is 0 Å². The van der Waals surface area contributed by atoms with Crippen LogP contribution in [0.25, 0.3) is 0 Å². The highest BCUT2D eigenvalue weighted by atomic mass is 19.2. The SMILES string of the molecule is CC(C)N1CCCCC(N)C1c1ccc(F)c(F)c1. The number of likely N-dealkylation sites (tertiary alicyclic amines) is 1. The summed E-state index contributed by atoms with van der Waals surface area (Å²) >= 11 is 0. The summed E-state index contributed by atoms with van der Waals surface area (Å²) in [5, 5.41) is 0. The van der Waals surface area contributed by atoms with Crippen LogP contribution >= 0.6 is 0 Å². The maximum atomic E-state index is 13.5. The Kier molecular flexibility index (Phi) is 4.53. The van der Waals surface area contributed by atoms with Crippen molar-refractivity contribution in [2.45, 2.75) is 51.2 Å². The number of nitrogens with two attached hydrogens (primary N) is 1. The fourth-order valence-electron chi connectivity index (χ4n) is 2.93. The van der Waals surface area contributed by atoms with E-state index in [1.807, 2.05) is 0 Å². The Morgan fingerprint density at radius 2 is 1.95 bits per heavy atom. The zero-order valence-corrected chi connectivity index (χ0v) is 11.6. The normalized spacial score (nSPS) is 25.6. The lowest BCUT2D eigenvalue weighted by Crippen LogP contribution is -2.43. The molecule has 0 aromatic heterocycles. The molecule has 1 fully saturated rings. The predicted octanol–water partition coefficient (Wildman–Crippen LogP) is 3.23. The number of nitrogens with zero attached hydrogens (tertiary/aromatic N) is 1. The average molecular weight is 268 g/mol. The van der Waals surface area contributed by atoms with Gasteiger partial charge in [0.25, 0.3) is 0 Å². The molecule has 0 amide bonds. The van der Waals surface area contributed by atoms with Crippen molar-refractivity contribution in [1.29, 1.82) is 0 Å². The Morgan fingerprint density at radius 3 is 2.58 bits per heavy atom. The molecule has 4 heteroatoms. The van der Waals surface area contributed by atoms with Crippen LogP contribution in [0.15, 0.2) is 18.2 Å². The molecule has 0 radical (unpaired) electrons. The van der Waals surface area contributed by atoms with E-state index in [-0.39, 0.29) is 12.1 Å². The lowest BCUT2D eigenvalue weighted by Gasteiger charge is -2.36. The summed E-state index contributed by atoms with van der Waals surface area (Å²) in [7, 11) is 0. The minimum atomic E-state index is -0.804. The van der Waals surface area contributed by atoms with Crippen molar-refractivity contribution < 1.29 is 8.78 Å². The first-order valence-electron chi connectivity index (χ1n) is 6.97. The van der Waals surface area contributed by atoms with E-state index in [2.05, 4.69) is 18.7 Å². The first-order chi connectivity index (χ1) is 9.00. The molecule has 2 N–H and O–H groups in total. The molecule has 1 aliphatic rings. The number of rotatable bonds is 2. The molecule has 106 valence electrons. The van der Waals surface area contributed by atoms with Gasteiger partial charge in [0, 0.05) is 12.1 Å². The third kappa shape index (κ3) is 3.12. The monoisotopic (exact) mass is 268 g/mol. The maximum absolute atomic E-state index is 13.5. The van der Waals surface area contributed by atoms with Crippen molar-refractivity contribution in [3.63, 3.8) is 0 Å². The Labute approximate surface area is 113 Å². The molecular formula is C15H22F2N2. The first-order valence-corrected chi connectivity index (χ1v) is 6.97. The Bertz CT molecular complexity index is 434. The summed E-state index contributed by atoms with van der Waals surface area (Å²) in [5.74, 6) is -1.60. The van der Waals surface area contributed by atoms with Gasteiger partial charge in [-0.1, -0.05) is 12.5 Å². The number of benzene rings is 1. The minimum absolute atomic E-state index is 0.0300. The third-order valence-corrected chi connectivity index (χ3v) is 3.92. The number of halogens is 2. The predicted molar refractivity (Wildman–Crippen MR) is 72.8 cm³/mol. The van der Waals surface area contributed by atoms with Crippen LogP contribution in [-0.4, -0.2) is 23.5 Å². The lowest BCUT2D eigenvalue weighted by molar-refractivity contribution is 0.143. The molecule has 1 aromatic rings. The Balaban J connectivity index is 2.37. The van der Waals surface area contributed by atoms with Gasteiger partial charge < -0.3 is 5.73 Å². The van der Waals surface area contributed by atoms with Crippen molar-refractivity contribution >= 4 is 0 Å². The van der Waals surface area contributed by atoms with E-state index in [4.69, 9.17) is 5.73 Å². The second-order valence-corrected chi connectivity index (χ2v) is 5.61. The van der Waals surface area contributed by atoms with Gasteiger partial charge in [0.1, 0.15) is 0 Å². The van der Waals surface area contributed by atoms with Crippen molar-refractivity contribution in [3.05, 3.63) is 35.4 Å². The van der Waals surface area contributed by atoms with Crippen molar-refractivity contribution in [3.8, 4) is 0 Å². The molecule has 2 rings (SSSR count). The van der Waals surface area contributed by atoms with Gasteiger partial charge in [0.2, 0.25) is 0 Å². The fraction of sp³-hybridized carbons (Fsp3) is 0.600. The highest BCUT2D eigenvalue weighted by Crippen LogP contribution is 2.31. The summed E-state index contributed by atoms with van der Waals surface area (Å²) in [6, 6.07) is 4.42. The van der Waals surface area contributed by atoms with E-state index in [9.17, 15) is 8.78 Å². The molecule has 0 saturated carbocycles. The van der Waals surface area contributed by atoms with Gasteiger partial charge >= 0.3 is 0 Å². The quantitative estimate of drug-likeness (QED) is 0.892. The number of hydrogen-bond donors (Lipinski definition) is 1. The van der Waals surface area contributed by atoms with Crippen LogP contribution < -0.4 is 5.73 Å². The molecular weight excluding hydrogens is 246 g/mol. The second kappa shape index (κ2) is 5.97. The smallest absolute Gasteiger partial charge is 0.159 e. The molecule has 1 heterocycles. The Hall–Kier alpha value is -1.00. The van der Waals surface area contributed by atoms with Crippen LogP contribution in [0.3, 0.4) is 0 Å². The zero-order chi connectivity index (χ0) is 14.0. The van der Waals surface area contributed by atoms with E-state index >= 15 is 0 Å². The van der Waals surface area contributed by atoms with Crippen molar-refractivity contribution in [1.82, 2.24) is 4.90 Å². The highest BCUT2D eigenvalue weighted by Gasteiger charge is 2.30. The molecule has 0 spiro atoms. The van der Waals surface area contributed by atoms with Crippen LogP contribution in [-0.2, 0) is 0 Å². The summed E-state index contributed by atoms with van der Waals surface area (Å²) in [6.45, 7) is 5.19. The molecule has 2 atom stereocenters. The van der Waals surface area contributed by atoms with Gasteiger partial charge in [-0.3, -0.25) is 4.90 Å². The van der Waals surface area contributed by atoms with Gasteiger partial charge in [0.15, 0.2) is 11.6 Å². The first kappa shape index (κ1) is 14.4. The van der Waals surface area contributed by atoms with E-state index in [1.165, 1.54) is 12.1 Å². The molecule has 1 saturated heterocycles. The molecule has 1 aliphatic heterocycles. The van der Waals surface area contributed by atoms with Crippen LogP contribution in [0.1, 0.15) is 44.7 Å². The summed E-state index contributed by atoms with van der Waals surface area (Å²) < 4.78 is 26.5. The molecule has 0 bridgehead atoms. The Morgan fingerprint density at radius 1 is 1.21 bits per heavy atom. The highest BCUT2D eigenvalue weighted by molar-refractivity contribution is 5.23. The van der Waals surface area contributed by atoms with Crippen molar-refractivity contribution in [2.75, 3.05) is 6.54 Å². The summed E-state index contributed by atoms with van der Waals surface area (Å²) in [5.41, 5.74) is 7.05. The van der Waals surface area contributed by atoms with E-state index in [1.54, 1.807) is 6.07 Å². The topological polar surface area (TPSA) is 29.3 Å². The molecule has 2 unspecified atom stereocenters. The van der Waals surface area contributed by atoms with Crippen LogP contribution in [0.5, 0.6) is 0 Å².